The lowest BCUT2D eigenvalue weighted by atomic mass is 9.93. The average molecular weight is 518 g/mol. The predicted octanol–water partition coefficient (Wildman–Crippen LogP) is 2.34. The number of esters is 1. The van der Waals surface area contributed by atoms with E-state index in [2.05, 4.69) is 15.5 Å². The van der Waals surface area contributed by atoms with E-state index in [0.717, 1.165) is 0 Å². The minimum absolute atomic E-state index is 0.0414. The molecule has 2 N–H and O–H groups in total. The monoisotopic (exact) mass is 517 g/mol. The lowest BCUT2D eigenvalue weighted by Crippen LogP contribution is -2.58. The molecule has 3 rings (SSSR count). The van der Waals surface area contributed by atoms with Crippen molar-refractivity contribution in [3.8, 4) is 11.5 Å². The first-order valence-corrected chi connectivity index (χ1v) is 12.6. The zero-order valence-electron chi connectivity index (χ0n) is 22.8. The Morgan fingerprint density at radius 2 is 1.78 bits per heavy atom. The van der Waals surface area contributed by atoms with Crippen LogP contribution in [0.3, 0.4) is 0 Å². The minimum Gasteiger partial charge on any atom is -0.497 e. The smallest absolute Gasteiger partial charge is 0.338 e. The number of methoxy groups -OCH3 is 2. The summed E-state index contributed by atoms with van der Waals surface area (Å²) in [5.74, 6) is 0.577. The molecule has 2 atom stereocenters. The molecule has 0 spiro atoms. The normalized spacial score (nSPS) is 20.6. The lowest BCUT2D eigenvalue weighted by molar-refractivity contribution is -0.139. The van der Waals surface area contributed by atoms with Crippen LogP contribution in [0.1, 0.15) is 39.3 Å². The quantitative estimate of drug-likeness (QED) is 0.509. The highest BCUT2D eigenvalue weighted by molar-refractivity contribution is 5.95. The van der Waals surface area contributed by atoms with Crippen LogP contribution in [0.5, 0.6) is 11.5 Å². The van der Waals surface area contributed by atoms with Crippen molar-refractivity contribution >= 4 is 18.0 Å². The number of carbonyl (C=O) groups excluding carboxylic acids is 3. The maximum absolute atomic E-state index is 13.3. The molecule has 1 aromatic carbocycles. The molecule has 0 aliphatic carbocycles. The van der Waals surface area contributed by atoms with E-state index in [-0.39, 0.29) is 30.8 Å². The Labute approximate surface area is 218 Å². The molecular weight excluding hydrogens is 478 g/mol. The van der Waals surface area contributed by atoms with Gasteiger partial charge in [0.15, 0.2) is 0 Å². The van der Waals surface area contributed by atoms with Crippen LogP contribution in [-0.2, 0) is 9.53 Å². The van der Waals surface area contributed by atoms with E-state index in [1.165, 1.54) is 4.90 Å². The third-order valence-electron chi connectivity index (χ3n) is 6.54. The largest absolute Gasteiger partial charge is 0.497 e. The molecule has 0 unspecified atom stereocenters. The molecule has 0 saturated carbocycles. The number of benzene rings is 1. The van der Waals surface area contributed by atoms with Gasteiger partial charge in [-0.05, 0) is 45.4 Å². The average Bonchev–Trinajstić information content (AvgIpc) is 2.85. The Balaban J connectivity index is 1.97. The second-order valence-electron chi connectivity index (χ2n) is 9.55. The third kappa shape index (κ3) is 6.46. The van der Waals surface area contributed by atoms with Gasteiger partial charge < -0.3 is 29.7 Å². The lowest BCUT2D eigenvalue weighted by Gasteiger charge is -2.42. The summed E-state index contributed by atoms with van der Waals surface area (Å²) in [6.07, 6.45) is 0. The van der Waals surface area contributed by atoms with Gasteiger partial charge in [-0.3, -0.25) is 9.80 Å². The van der Waals surface area contributed by atoms with E-state index in [0.29, 0.717) is 54.5 Å². The predicted molar refractivity (Wildman–Crippen MR) is 139 cm³/mol. The summed E-state index contributed by atoms with van der Waals surface area (Å²) in [6, 6.07) is 4.10. The molecule has 0 bridgehead atoms. The molecule has 1 fully saturated rings. The molecule has 2 aliphatic rings. The third-order valence-corrected chi connectivity index (χ3v) is 6.54. The van der Waals surface area contributed by atoms with Crippen LogP contribution in [0.15, 0.2) is 29.5 Å². The SMILES string of the molecule is CCOC(=O)C1=C(CN2CCN(C(=O)NC(C)C)[C@H](C)C2)N(C)C(=O)N[C@@H]1c1cc(OC)cc(OC)c1. The van der Waals surface area contributed by atoms with E-state index >= 15 is 0 Å². The Morgan fingerprint density at radius 1 is 1.14 bits per heavy atom. The summed E-state index contributed by atoms with van der Waals surface area (Å²) in [7, 11) is 4.73. The molecule has 0 aromatic heterocycles. The molecule has 2 heterocycles. The zero-order valence-corrected chi connectivity index (χ0v) is 22.8. The van der Waals surface area contributed by atoms with Crippen molar-refractivity contribution in [1.82, 2.24) is 25.3 Å². The number of nitrogens with one attached hydrogen (secondary N) is 2. The van der Waals surface area contributed by atoms with E-state index in [9.17, 15) is 14.4 Å². The molecule has 11 nitrogen and oxygen atoms in total. The molecule has 204 valence electrons. The van der Waals surface area contributed by atoms with Gasteiger partial charge in [-0.15, -0.1) is 0 Å². The van der Waals surface area contributed by atoms with Gasteiger partial charge in [0, 0.05) is 57.1 Å². The van der Waals surface area contributed by atoms with Crippen molar-refractivity contribution in [3.05, 3.63) is 35.0 Å². The first-order valence-electron chi connectivity index (χ1n) is 12.6. The van der Waals surface area contributed by atoms with Crippen LogP contribution in [0.2, 0.25) is 0 Å². The summed E-state index contributed by atoms with van der Waals surface area (Å²) in [5.41, 5.74) is 1.55. The van der Waals surface area contributed by atoms with E-state index in [1.807, 2.05) is 25.7 Å². The standard InChI is InChI=1S/C26H39N5O6/c1-8-37-24(32)22-21(15-30-9-10-31(17(4)14-30)26(34)27-16(2)3)29(5)25(33)28-23(22)18-11-19(35-6)13-20(12-18)36-7/h11-13,16-17,23H,8-10,14-15H2,1-7H3,(H,27,34)(H,28,33)/t17-,23-/m1/s1. The number of ether oxygens (including phenoxy) is 3. The van der Waals surface area contributed by atoms with Crippen LogP contribution in [0.25, 0.3) is 0 Å². The molecular formula is C26H39N5O6. The molecule has 0 radical (unpaired) electrons. The van der Waals surface area contributed by atoms with Gasteiger partial charge in [0.25, 0.3) is 0 Å². The molecule has 2 aliphatic heterocycles. The fourth-order valence-electron chi connectivity index (χ4n) is 4.66. The highest BCUT2D eigenvalue weighted by atomic mass is 16.5. The zero-order chi connectivity index (χ0) is 27.3. The fraction of sp³-hybridized carbons (Fsp3) is 0.577. The molecule has 4 amide bonds. The van der Waals surface area contributed by atoms with Crippen molar-refractivity contribution in [2.75, 3.05) is 54.1 Å². The second kappa shape index (κ2) is 12.2. The van der Waals surface area contributed by atoms with Gasteiger partial charge in [-0.1, -0.05) is 0 Å². The number of amides is 4. The number of hydrogen-bond donors (Lipinski definition) is 2. The second-order valence-corrected chi connectivity index (χ2v) is 9.55. The van der Waals surface area contributed by atoms with Crippen molar-refractivity contribution in [3.63, 3.8) is 0 Å². The molecule has 11 heteroatoms. The van der Waals surface area contributed by atoms with Crippen LogP contribution < -0.4 is 20.1 Å². The van der Waals surface area contributed by atoms with Crippen molar-refractivity contribution < 1.29 is 28.6 Å². The number of hydrogen-bond acceptors (Lipinski definition) is 7. The Morgan fingerprint density at radius 3 is 2.32 bits per heavy atom. The number of rotatable bonds is 8. The van der Waals surface area contributed by atoms with E-state index in [1.54, 1.807) is 46.4 Å². The van der Waals surface area contributed by atoms with Crippen LogP contribution in [0.4, 0.5) is 9.59 Å². The molecule has 1 aromatic rings. The number of likely N-dealkylation sites (N-methyl/N-ethyl adjacent to an activating group) is 1. The maximum Gasteiger partial charge on any atom is 0.338 e. The van der Waals surface area contributed by atoms with Crippen LogP contribution in [-0.4, -0.2) is 98.9 Å². The fourth-order valence-corrected chi connectivity index (χ4v) is 4.66. The number of piperazine rings is 1. The minimum atomic E-state index is -0.753. The van der Waals surface area contributed by atoms with Crippen LogP contribution >= 0.6 is 0 Å². The number of nitrogens with zero attached hydrogens (tertiary/aromatic N) is 3. The topological polar surface area (TPSA) is 113 Å². The van der Waals surface area contributed by atoms with E-state index in [4.69, 9.17) is 14.2 Å². The highest BCUT2D eigenvalue weighted by Crippen LogP contribution is 2.35. The first kappa shape index (κ1) is 28.1. The van der Waals surface area contributed by atoms with Gasteiger partial charge >= 0.3 is 18.0 Å². The van der Waals surface area contributed by atoms with Crippen molar-refractivity contribution in [1.29, 1.82) is 0 Å². The molecule has 37 heavy (non-hydrogen) atoms. The number of carbonyl (C=O) groups is 3. The maximum atomic E-state index is 13.3. The van der Waals surface area contributed by atoms with Gasteiger partial charge in [-0.2, -0.15) is 0 Å². The number of urea groups is 2. The van der Waals surface area contributed by atoms with Crippen molar-refractivity contribution in [2.45, 2.75) is 45.8 Å². The Kier molecular flexibility index (Phi) is 9.25. The summed E-state index contributed by atoms with van der Waals surface area (Å²) < 4.78 is 16.3. The van der Waals surface area contributed by atoms with Crippen LogP contribution in [0, 0.1) is 0 Å². The molecule has 1 saturated heterocycles. The van der Waals surface area contributed by atoms with Crippen molar-refractivity contribution in [2.24, 2.45) is 0 Å². The van der Waals surface area contributed by atoms with E-state index < -0.39 is 12.0 Å². The highest BCUT2D eigenvalue weighted by Gasteiger charge is 2.38. The summed E-state index contributed by atoms with van der Waals surface area (Å²) in [5, 5.41) is 5.88. The Hall–Kier alpha value is -3.47. The summed E-state index contributed by atoms with van der Waals surface area (Å²) >= 11 is 0. The first-order chi connectivity index (χ1) is 17.6. The van der Waals surface area contributed by atoms with Gasteiger partial charge in [0.1, 0.15) is 11.5 Å². The van der Waals surface area contributed by atoms with Gasteiger partial charge in [0.2, 0.25) is 0 Å². The summed E-state index contributed by atoms with van der Waals surface area (Å²) in [6.45, 7) is 9.88. The van der Waals surface area contributed by atoms with Gasteiger partial charge in [-0.25, -0.2) is 14.4 Å². The summed E-state index contributed by atoms with van der Waals surface area (Å²) in [4.78, 5) is 44.4. The van der Waals surface area contributed by atoms with Gasteiger partial charge in [0.05, 0.1) is 32.4 Å². The Bertz CT molecular complexity index is 1020.